The van der Waals surface area contributed by atoms with E-state index in [0.29, 0.717) is 6.54 Å². The van der Waals surface area contributed by atoms with E-state index < -0.39 is 0 Å². The third-order valence-electron chi connectivity index (χ3n) is 2.77. The van der Waals surface area contributed by atoms with Crippen molar-refractivity contribution in [2.45, 2.75) is 20.4 Å². The number of hydrogen-bond acceptors (Lipinski definition) is 2. The third kappa shape index (κ3) is 2.74. The zero-order valence-corrected chi connectivity index (χ0v) is 10.8. The summed E-state index contributed by atoms with van der Waals surface area (Å²) in [4.78, 5) is 12.7. The maximum Gasteiger partial charge on any atom is 0.261 e. The lowest BCUT2D eigenvalue weighted by atomic mass is 10.1. The molecule has 3 heteroatoms. The summed E-state index contributed by atoms with van der Waals surface area (Å²) in [5, 5.41) is 4.90. The number of carbonyl (C=O) groups excluding carboxylic acids is 1. The monoisotopic (exact) mass is 245 g/mol. The van der Waals surface area contributed by atoms with Crippen LogP contribution in [0.2, 0.25) is 0 Å². The number of hydrogen-bond donors (Lipinski definition) is 1. The van der Waals surface area contributed by atoms with E-state index >= 15 is 0 Å². The molecule has 0 saturated heterocycles. The highest BCUT2D eigenvalue weighted by molar-refractivity contribution is 7.12. The van der Waals surface area contributed by atoms with Crippen molar-refractivity contribution in [3.63, 3.8) is 0 Å². The summed E-state index contributed by atoms with van der Waals surface area (Å²) in [7, 11) is 0. The summed E-state index contributed by atoms with van der Waals surface area (Å²) in [6, 6.07) is 10.1. The van der Waals surface area contributed by atoms with Gasteiger partial charge in [0.15, 0.2) is 0 Å². The number of thiophene rings is 1. The van der Waals surface area contributed by atoms with Crippen LogP contribution in [-0.2, 0) is 6.54 Å². The molecule has 0 aliphatic carbocycles. The number of nitrogens with one attached hydrogen (secondary N) is 1. The maximum absolute atomic E-state index is 11.9. The van der Waals surface area contributed by atoms with Gasteiger partial charge in [-0.25, -0.2) is 0 Å². The topological polar surface area (TPSA) is 29.1 Å². The van der Waals surface area contributed by atoms with Gasteiger partial charge in [-0.3, -0.25) is 4.79 Å². The van der Waals surface area contributed by atoms with Gasteiger partial charge in [0.2, 0.25) is 0 Å². The van der Waals surface area contributed by atoms with E-state index in [9.17, 15) is 4.79 Å². The molecule has 1 heterocycles. The van der Waals surface area contributed by atoms with Crippen LogP contribution in [0.15, 0.2) is 35.7 Å². The van der Waals surface area contributed by atoms with Crippen LogP contribution in [0.5, 0.6) is 0 Å². The molecule has 1 N–H and O–H groups in total. The second kappa shape index (κ2) is 5.15. The first-order chi connectivity index (χ1) is 8.18. The summed E-state index contributed by atoms with van der Waals surface area (Å²) < 4.78 is 0. The quantitative estimate of drug-likeness (QED) is 0.883. The second-order valence-electron chi connectivity index (χ2n) is 4.04. The predicted octanol–water partition coefficient (Wildman–Crippen LogP) is 3.29. The molecule has 1 amide bonds. The van der Waals surface area contributed by atoms with Gasteiger partial charge in [0.25, 0.3) is 5.91 Å². The van der Waals surface area contributed by atoms with Gasteiger partial charge in [-0.2, -0.15) is 0 Å². The van der Waals surface area contributed by atoms with Gasteiger partial charge in [0.05, 0.1) is 4.88 Å². The lowest BCUT2D eigenvalue weighted by Gasteiger charge is -2.07. The van der Waals surface area contributed by atoms with E-state index in [1.54, 1.807) is 0 Å². The van der Waals surface area contributed by atoms with Gasteiger partial charge in [0.1, 0.15) is 0 Å². The summed E-state index contributed by atoms with van der Waals surface area (Å²) in [6.45, 7) is 4.60. The van der Waals surface area contributed by atoms with Crippen LogP contribution in [0.1, 0.15) is 26.4 Å². The highest BCUT2D eigenvalue weighted by Gasteiger charge is 2.09. The minimum Gasteiger partial charge on any atom is -0.347 e. The molecule has 2 nitrogen and oxygen atoms in total. The molecule has 2 rings (SSSR count). The fourth-order valence-electron chi connectivity index (χ4n) is 1.67. The van der Waals surface area contributed by atoms with Crippen LogP contribution in [-0.4, -0.2) is 5.91 Å². The molecule has 88 valence electrons. The largest absolute Gasteiger partial charge is 0.347 e. The number of aryl methyl sites for hydroxylation is 2. The molecule has 0 spiro atoms. The normalized spacial score (nSPS) is 10.2. The number of benzene rings is 1. The van der Waals surface area contributed by atoms with Crippen molar-refractivity contribution in [2.24, 2.45) is 0 Å². The molecule has 0 bridgehead atoms. The molecule has 0 fully saturated rings. The van der Waals surface area contributed by atoms with E-state index in [2.05, 4.69) is 18.3 Å². The maximum atomic E-state index is 11.9. The van der Waals surface area contributed by atoms with Crippen molar-refractivity contribution in [1.29, 1.82) is 0 Å². The Labute approximate surface area is 105 Å². The molecular weight excluding hydrogens is 230 g/mol. The standard InChI is InChI=1S/C14H15NOS/c1-10-5-3-4-6-12(10)9-15-14(16)13-11(2)7-8-17-13/h3-8H,9H2,1-2H3,(H,15,16). The molecule has 1 aromatic carbocycles. The van der Waals surface area contributed by atoms with E-state index in [0.717, 1.165) is 16.0 Å². The van der Waals surface area contributed by atoms with E-state index in [4.69, 9.17) is 0 Å². The van der Waals surface area contributed by atoms with Crippen molar-refractivity contribution >= 4 is 17.2 Å². The number of amides is 1. The van der Waals surface area contributed by atoms with Crippen LogP contribution < -0.4 is 5.32 Å². The molecule has 2 aromatic rings. The van der Waals surface area contributed by atoms with Gasteiger partial charge < -0.3 is 5.32 Å². The first kappa shape index (κ1) is 11.9. The van der Waals surface area contributed by atoms with Gasteiger partial charge in [-0.15, -0.1) is 11.3 Å². The average molecular weight is 245 g/mol. The highest BCUT2D eigenvalue weighted by atomic mass is 32.1. The van der Waals surface area contributed by atoms with Crippen LogP contribution in [0.3, 0.4) is 0 Å². The first-order valence-electron chi connectivity index (χ1n) is 5.55. The molecule has 0 aliphatic rings. The Morgan fingerprint density at radius 3 is 2.59 bits per heavy atom. The SMILES string of the molecule is Cc1ccccc1CNC(=O)c1sccc1C. The minimum absolute atomic E-state index is 0.0146. The third-order valence-corrected chi connectivity index (χ3v) is 3.78. The van der Waals surface area contributed by atoms with Crippen molar-refractivity contribution in [2.75, 3.05) is 0 Å². The van der Waals surface area contributed by atoms with Crippen LogP contribution in [0, 0.1) is 13.8 Å². The lowest BCUT2D eigenvalue weighted by Crippen LogP contribution is -2.22. The number of rotatable bonds is 3. The van der Waals surface area contributed by atoms with Gasteiger partial charge in [-0.05, 0) is 42.0 Å². The molecule has 0 saturated carbocycles. The Bertz CT molecular complexity index is 531. The van der Waals surface area contributed by atoms with Gasteiger partial charge in [0, 0.05) is 6.54 Å². The molecule has 0 radical (unpaired) electrons. The molecule has 0 aliphatic heterocycles. The fraction of sp³-hybridized carbons (Fsp3) is 0.214. The van der Waals surface area contributed by atoms with Crippen molar-refractivity contribution < 1.29 is 4.79 Å². The molecule has 0 unspecified atom stereocenters. The smallest absolute Gasteiger partial charge is 0.261 e. The van der Waals surface area contributed by atoms with E-state index in [1.807, 2.05) is 36.6 Å². The summed E-state index contributed by atoms with van der Waals surface area (Å²) in [5.41, 5.74) is 3.41. The van der Waals surface area contributed by atoms with Crippen LogP contribution in [0.25, 0.3) is 0 Å². The first-order valence-corrected chi connectivity index (χ1v) is 6.43. The molecule has 0 atom stereocenters. The van der Waals surface area contributed by atoms with Crippen molar-refractivity contribution in [3.8, 4) is 0 Å². The van der Waals surface area contributed by atoms with Crippen molar-refractivity contribution in [3.05, 3.63) is 57.3 Å². The zero-order chi connectivity index (χ0) is 12.3. The predicted molar refractivity (Wildman–Crippen MR) is 71.4 cm³/mol. The highest BCUT2D eigenvalue weighted by Crippen LogP contribution is 2.15. The van der Waals surface area contributed by atoms with Crippen molar-refractivity contribution in [1.82, 2.24) is 5.32 Å². The number of carbonyl (C=O) groups is 1. The molecule has 1 aromatic heterocycles. The Kier molecular flexibility index (Phi) is 3.59. The Morgan fingerprint density at radius 2 is 1.94 bits per heavy atom. The minimum atomic E-state index is 0.0146. The second-order valence-corrected chi connectivity index (χ2v) is 4.96. The zero-order valence-electron chi connectivity index (χ0n) is 9.99. The van der Waals surface area contributed by atoms with E-state index in [-0.39, 0.29) is 5.91 Å². The van der Waals surface area contributed by atoms with Gasteiger partial charge >= 0.3 is 0 Å². The van der Waals surface area contributed by atoms with Gasteiger partial charge in [-0.1, -0.05) is 24.3 Å². The molecular formula is C14H15NOS. The Hall–Kier alpha value is -1.61. The summed E-state index contributed by atoms with van der Waals surface area (Å²) in [5.74, 6) is 0.0146. The Morgan fingerprint density at radius 1 is 1.18 bits per heavy atom. The van der Waals surface area contributed by atoms with Crippen LogP contribution >= 0.6 is 11.3 Å². The summed E-state index contributed by atoms with van der Waals surface area (Å²) in [6.07, 6.45) is 0. The fourth-order valence-corrected chi connectivity index (χ4v) is 2.51. The summed E-state index contributed by atoms with van der Waals surface area (Å²) >= 11 is 1.48. The van der Waals surface area contributed by atoms with Crippen LogP contribution in [0.4, 0.5) is 0 Å². The van der Waals surface area contributed by atoms with E-state index in [1.165, 1.54) is 16.9 Å². The average Bonchev–Trinajstić information content (AvgIpc) is 2.74. The lowest BCUT2D eigenvalue weighted by molar-refractivity contribution is 0.0954. The molecule has 17 heavy (non-hydrogen) atoms. The Balaban J connectivity index is 2.02.